The second-order valence-electron chi connectivity index (χ2n) is 11.7. The Bertz CT molecular complexity index is 1560. The van der Waals surface area contributed by atoms with E-state index in [-0.39, 0.29) is 25.1 Å². The van der Waals surface area contributed by atoms with Crippen molar-refractivity contribution in [3.8, 4) is 0 Å². The van der Waals surface area contributed by atoms with Crippen LogP contribution in [0.4, 0.5) is 10.5 Å². The number of rotatable bonds is 15. The largest absolute Gasteiger partial charge is 0.459 e. The monoisotopic (exact) mass is 661 g/mol. The van der Waals surface area contributed by atoms with Gasteiger partial charge < -0.3 is 30.7 Å². The van der Waals surface area contributed by atoms with Crippen LogP contribution < -0.4 is 21.3 Å². The van der Waals surface area contributed by atoms with Gasteiger partial charge in [-0.1, -0.05) is 60.7 Å². The van der Waals surface area contributed by atoms with Crippen LogP contribution in [0.2, 0.25) is 0 Å². The average molecular weight is 662 g/mol. The highest BCUT2D eigenvalue weighted by molar-refractivity contribution is 5.93. The van der Waals surface area contributed by atoms with E-state index in [1.807, 2.05) is 6.07 Å². The van der Waals surface area contributed by atoms with E-state index in [1.165, 1.54) is 24.3 Å². The average Bonchev–Trinajstić information content (AvgIpc) is 3.05. The Labute approximate surface area is 277 Å². The fourth-order valence-corrected chi connectivity index (χ4v) is 4.30. The SMILES string of the molecule is CC(C)(C)OC(=O)NCC(=O)NCC(=O)N[C@@H](Cc1ccccc1)C(=O)N[C@@H](Cc1ccccc1)C(=O)OCc1ccc([N+](=O)[O-])cc1. The topological polar surface area (TPSA) is 195 Å². The lowest BCUT2D eigenvalue weighted by Crippen LogP contribution is -2.54. The molecule has 0 bridgehead atoms. The van der Waals surface area contributed by atoms with Gasteiger partial charge in [0.05, 0.1) is 11.5 Å². The Morgan fingerprint density at radius 3 is 1.79 bits per heavy atom. The standard InChI is InChI=1S/C34H39N5O9/c1-34(2,3)48-33(44)36-20-29(40)35-21-30(41)37-27(18-23-10-6-4-7-11-23)31(42)38-28(19-24-12-8-5-9-13-24)32(43)47-22-25-14-16-26(17-15-25)39(45)46/h4-17,27-28H,18-22H2,1-3H3,(H,35,40)(H,36,44)(H,37,41)(H,38,42)/t27-,28-/m0/s1. The zero-order valence-electron chi connectivity index (χ0n) is 26.9. The minimum atomic E-state index is -1.15. The second kappa shape index (κ2) is 17.8. The van der Waals surface area contributed by atoms with Crippen molar-refractivity contribution >= 4 is 35.5 Å². The smallest absolute Gasteiger partial charge is 0.408 e. The zero-order chi connectivity index (χ0) is 35.1. The highest BCUT2D eigenvalue weighted by Gasteiger charge is 2.28. The van der Waals surface area contributed by atoms with Crippen molar-refractivity contribution in [3.05, 3.63) is 112 Å². The van der Waals surface area contributed by atoms with Gasteiger partial charge in [0.2, 0.25) is 17.7 Å². The van der Waals surface area contributed by atoms with Crippen LogP contribution in [0.15, 0.2) is 84.9 Å². The van der Waals surface area contributed by atoms with E-state index in [1.54, 1.807) is 75.4 Å². The third-order valence-corrected chi connectivity index (χ3v) is 6.58. The molecule has 0 aromatic heterocycles. The number of carbonyl (C=O) groups is 5. The van der Waals surface area contributed by atoms with Crippen molar-refractivity contribution in [1.82, 2.24) is 21.3 Å². The number of nitro benzene ring substituents is 1. The quantitative estimate of drug-likeness (QED) is 0.108. The van der Waals surface area contributed by atoms with Gasteiger partial charge in [-0.05, 0) is 49.6 Å². The predicted molar refractivity (Wildman–Crippen MR) is 174 cm³/mol. The predicted octanol–water partition coefficient (Wildman–Crippen LogP) is 2.73. The third kappa shape index (κ3) is 13.3. The first-order chi connectivity index (χ1) is 22.8. The summed E-state index contributed by atoms with van der Waals surface area (Å²) in [7, 11) is 0. The lowest BCUT2D eigenvalue weighted by Gasteiger charge is -2.23. The van der Waals surface area contributed by atoms with E-state index in [4.69, 9.17) is 9.47 Å². The Hall–Kier alpha value is -5.79. The van der Waals surface area contributed by atoms with Crippen LogP contribution in [0.3, 0.4) is 0 Å². The van der Waals surface area contributed by atoms with Gasteiger partial charge in [-0.25, -0.2) is 9.59 Å². The molecule has 4 N–H and O–H groups in total. The number of nitrogens with one attached hydrogen (secondary N) is 4. The third-order valence-electron chi connectivity index (χ3n) is 6.58. The van der Waals surface area contributed by atoms with E-state index >= 15 is 0 Å². The Morgan fingerprint density at radius 1 is 0.708 bits per heavy atom. The summed E-state index contributed by atoms with van der Waals surface area (Å²) in [6, 6.07) is 21.1. The number of hydrogen-bond donors (Lipinski definition) is 4. The number of ether oxygens (including phenoxy) is 2. The number of nitrogens with zero attached hydrogens (tertiary/aromatic N) is 1. The molecule has 0 spiro atoms. The molecule has 0 unspecified atom stereocenters. The molecule has 0 fully saturated rings. The number of carbonyl (C=O) groups excluding carboxylic acids is 5. The molecule has 0 aliphatic heterocycles. The minimum Gasteiger partial charge on any atom is -0.459 e. The van der Waals surface area contributed by atoms with Gasteiger partial charge in [0, 0.05) is 25.0 Å². The summed E-state index contributed by atoms with van der Waals surface area (Å²) < 4.78 is 10.6. The number of benzene rings is 3. The van der Waals surface area contributed by atoms with Gasteiger partial charge in [-0.3, -0.25) is 24.5 Å². The van der Waals surface area contributed by atoms with E-state index in [9.17, 15) is 34.1 Å². The number of amides is 4. The number of alkyl carbamates (subject to hydrolysis) is 1. The summed E-state index contributed by atoms with van der Waals surface area (Å²) in [4.78, 5) is 74.2. The van der Waals surface area contributed by atoms with Gasteiger partial charge in [0.25, 0.3) is 5.69 Å². The second-order valence-corrected chi connectivity index (χ2v) is 11.7. The maximum absolute atomic E-state index is 13.6. The number of esters is 1. The van der Waals surface area contributed by atoms with Crippen LogP contribution >= 0.6 is 0 Å². The van der Waals surface area contributed by atoms with E-state index in [0.29, 0.717) is 5.56 Å². The van der Waals surface area contributed by atoms with Crippen LogP contribution in [-0.4, -0.2) is 65.5 Å². The number of nitro groups is 1. The van der Waals surface area contributed by atoms with E-state index < -0.39 is 65.5 Å². The fraction of sp³-hybridized carbons (Fsp3) is 0.324. The van der Waals surface area contributed by atoms with Gasteiger partial charge >= 0.3 is 12.1 Å². The summed E-state index contributed by atoms with van der Waals surface area (Å²) >= 11 is 0. The van der Waals surface area contributed by atoms with Crippen molar-refractivity contribution in [2.24, 2.45) is 0 Å². The molecule has 0 heterocycles. The highest BCUT2D eigenvalue weighted by Crippen LogP contribution is 2.14. The molecule has 3 rings (SSSR count). The molecule has 0 saturated heterocycles. The van der Waals surface area contributed by atoms with Gasteiger partial charge in [-0.15, -0.1) is 0 Å². The minimum absolute atomic E-state index is 0.0719. The van der Waals surface area contributed by atoms with E-state index in [2.05, 4.69) is 21.3 Å². The fourth-order valence-electron chi connectivity index (χ4n) is 4.30. The molecule has 14 heteroatoms. The molecule has 0 radical (unpaired) electrons. The van der Waals surface area contributed by atoms with Crippen LogP contribution in [0.1, 0.15) is 37.5 Å². The first kappa shape index (κ1) is 36.7. The van der Waals surface area contributed by atoms with Crippen LogP contribution in [0.25, 0.3) is 0 Å². The lowest BCUT2D eigenvalue weighted by molar-refractivity contribution is -0.384. The number of hydrogen-bond acceptors (Lipinski definition) is 9. The normalized spacial score (nSPS) is 12.1. The highest BCUT2D eigenvalue weighted by atomic mass is 16.6. The first-order valence-electron chi connectivity index (χ1n) is 15.1. The Morgan fingerprint density at radius 2 is 1.25 bits per heavy atom. The molecule has 3 aromatic carbocycles. The molecule has 3 aromatic rings. The van der Waals surface area contributed by atoms with Crippen LogP contribution in [0.5, 0.6) is 0 Å². The van der Waals surface area contributed by atoms with Gasteiger partial charge in [0.1, 0.15) is 30.8 Å². The molecule has 254 valence electrons. The maximum Gasteiger partial charge on any atom is 0.408 e. The lowest BCUT2D eigenvalue weighted by atomic mass is 10.0. The molecule has 0 aliphatic carbocycles. The number of non-ortho nitro benzene ring substituents is 1. The molecule has 2 atom stereocenters. The molecular weight excluding hydrogens is 622 g/mol. The summed E-state index contributed by atoms with van der Waals surface area (Å²) in [6.45, 7) is 3.91. The molecule has 0 saturated carbocycles. The molecular formula is C34H39N5O9. The first-order valence-corrected chi connectivity index (χ1v) is 15.1. The van der Waals surface area contributed by atoms with Gasteiger partial charge in [-0.2, -0.15) is 0 Å². The van der Waals surface area contributed by atoms with Crippen LogP contribution in [-0.2, 0) is 48.1 Å². The molecule has 0 aliphatic rings. The summed E-state index contributed by atoms with van der Waals surface area (Å²) in [5.74, 6) is -2.76. The van der Waals surface area contributed by atoms with Crippen molar-refractivity contribution in [2.75, 3.05) is 13.1 Å². The van der Waals surface area contributed by atoms with Crippen LogP contribution in [0, 0.1) is 10.1 Å². The van der Waals surface area contributed by atoms with Crippen molar-refractivity contribution in [3.63, 3.8) is 0 Å². The summed E-state index contributed by atoms with van der Waals surface area (Å²) in [6.07, 6.45) is -0.640. The van der Waals surface area contributed by atoms with Gasteiger partial charge in [0.15, 0.2) is 0 Å². The van der Waals surface area contributed by atoms with Crippen molar-refractivity contribution in [1.29, 1.82) is 0 Å². The van der Waals surface area contributed by atoms with Crippen molar-refractivity contribution < 1.29 is 38.4 Å². The maximum atomic E-state index is 13.6. The van der Waals surface area contributed by atoms with Crippen molar-refractivity contribution in [2.45, 2.75) is 57.9 Å². The molecule has 48 heavy (non-hydrogen) atoms. The Kier molecular flexibility index (Phi) is 13.6. The zero-order valence-corrected chi connectivity index (χ0v) is 26.9. The van der Waals surface area contributed by atoms with E-state index in [0.717, 1.165) is 11.1 Å². The molecule has 14 nitrogen and oxygen atoms in total. The molecule has 4 amide bonds. The Balaban J connectivity index is 1.68. The summed E-state index contributed by atoms with van der Waals surface area (Å²) in [5, 5.41) is 20.9. The summed E-state index contributed by atoms with van der Waals surface area (Å²) in [5.41, 5.74) is 1.11.